The zero-order valence-electron chi connectivity index (χ0n) is 20.3. The highest BCUT2D eigenvalue weighted by Gasteiger charge is 2.37. The van der Waals surface area contributed by atoms with Crippen LogP contribution in [0.3, 0.4) is 0 Å². The zero-order chi connectivity index (χ0) is 25.2. The van der Waals surface area contributed by atoms with Gasteiger partial charge in [-0.05, 0) is 54.4 Å². The van der Waals surface area contributed by atoms with Crippen molar-refractivity contribution in [2.75, 3.05) is 18.0 Å². The van der Waals surface area contributed by atoms with E-state index in [1.807, 2.05) is 47.2 Å². The van der Waals surface area contributed by atoms with Crippen LogP contribution < -0.4 is 10.2 Å². The quantitative estimate of drug-likeness (QED) is 0.302. The Morgan fingerprint density at radius 1 is 0.974 bits per heavy atom. The molecule has 2 N–H and O–H groups in total. The number of hydrogen-bond acceptors (Lipinski definition) is 6. The number of anilines is 1. The van der Waals surface area contributed by atoms with Gasteiger partial charge in [0.15, 0.2) is 5.65 Å². The Morgan fingerprint density at radius 3 is 2.71 bits per heavy atom. The predicted octanol–water partition coefficient (Wildman–Crippen LogP) is 5.31. The second-order valence-corrected chi connectivity index (χ2v) is 10.8. The normalized spacial score (nSPS) is 18.7. The molecule has 6 heterocycles. The van der Waals surface area contributed by atoms with Gasteiger partial charge in [0.2, 0.25) is 0 Å². The van der Waals surface area contributed by atoms with Crippen molar-refractivity contribution < 1.29 is 0 Å². The molecule has 0 aliphatic carbocycles. The smallest absolute Gasteiger partial charge is 0.164 e. The van der Waals surface area contributed by atoms with Gasteiger partial charge >= 0.3 is 0 Å². The lowest BCUT2D eigenvalue weighted by Crippen LogP contribution is -2.43. The molecule has 0 unspecified atom stereocenters. The maximum atomic E-state index is 5.16. The van der Waals surface area contributed by atoms with Gasteiger partial charge in [0.1, 0.15) is 5.69 Å². The number of aromatic amines is 1. The monoisotopic (exact) mass is 562 g/mol. The minimum absolute atomic E-state index is 0.576. The lowest BCUT2D eigenvalue weighted by molar-refractivity contribution is 0.580. The van der Waals surface area contributed by atoms with Crippen LogP contribution in [0.5, 0.6) is 0 Å². The summed E-state index contributed by atoms with van der Waals surface area (Å²) in [4.78, 5) is 11.6. The number of fused-ring (bicyclic) bond motifs is 4. The van der Waals surface area contributed by atoms with Crippen LogP contribution in [0.15, 0.2) is 83.9 Å². The first-order chi connectivity index (χ1) is 18.7. The third kappa shape index (κ3) is 3.32. The van der Waals surface area contributed by atoms with Crippen molar-refractivity contribution >= 4 is 38.2 Å². The molecule has 2 aliphatic heterocycles. The molecule has 38 heavy (non-hydrogen) atoms. The van der Waals surface area contributed by atoms with Crippen molar-refractivity contribution in [3.63, 3.8) is 0 Å². The van der Waals surface area contributed by atoms with Crippen molar-refractivity contribution in [3.05, 3.63) is 83.9 Å². The van der Waals surface area contributed by atoms with E-state index in [9.17, 15) is 0 Å². The summed E-state index contributed by atoms with van der Waals surface area (Å²) in [6.07, 6.45) is 8.55. The number of halogens is 1. The highest BCUT2D eigenvalue weighted by molar-refractivity contribution is 9.10. The van der Waals surface area contributed by atoms with E-state index in [0.29, 0.717) is 12.1 Å². The Bertz CT molecular complexity index is 1830. The summed E-state index contributed by atoms with van der Waals surface area (Å²) in [6.45, 7) is 2.12. The van der Waals surface area contributed by atoms with Crippen molar-refractivity contribution in [2.24, 2.45) is 0 Å². The summed E-state index contributed by atoms with van der Waals surface area (Å²) in [5.41, 5.74) is 8.91. The summed E-state index contributed by atoms with van der Waals surface area (Å²) in [5.74, 6) is 0. The minimum Gasteiger partial charge on any atom is -0.366 e. The Kier molecular flexibility index (Phi) is 4.89. The van der Waals surface area contributed by atoms with Gasteiger partial charge in [-0.1, -0.05) is 28.1 Å². The van der Waals surface area contributed by atoms with E-state index in [1.54, 1.807) is 12.4 Å². The van der Waals surface area contributed by atoms with Gasteiger partial charge in [0.05, 0.1) is 23.0 Å². The molecule has 2 fully saturated rings. The number of nitrogens with one attached hydrogen (secondary N) is 2. The van der Waals surface area contributed by atoms with Gasteiger partial charge in [-0.15, -0.1) is 0 Å². The van der Waals surface area contributed by atoms with Gasteiger partial charge in [0, 0.05) is 70.4 Å². The van der Waals surface area contributed by atoms with E-state index >= 15 is 0 Å². The SMILES string of the molecule is Brc1cc(N2C[C@@H]3C[C@H]2CN3)ccc1-c1ccnc2c(-c3cccc4[nH]ncc34)c(-c3ccncc3)nn12. The molecule has 9 heteroatoms. The fourth-order valence-electron chi connectivity index (χ4n) is 6.06. The molecule has 186 valence electrons. The first-order valence-corrected chi connectivity index (χ1v) is 13.5. The number of hydrogen-bond donors (Lipinski definition) is 2. The first kappa shape index (κ1) is 22.0. The van der Waals surface area contributed by atoms with Gasteiger partial charge in [-0.3, -0.25) is 10.1 Å². The predicted molar refractivity (Wildman–Crippen MR) is 152 cm³/mol. The third-order valence-electron chi connectivity index (χ3n) is 7.84. The van der Waals surface area contributed by atoms with Crippen LogP contribution in [-0.2, 0) is 0 Å². The molecule has 0 amide bonds. The number of H-pyrrole nitrogens is 1. The zero-order valence-corrected chi connectivity index (χ0v) is 21.9. The average Bonchev–Trinajstić information content (AvgIpc) is 3.76. The summed E-state index contributed by atoms with van der Waals surface area (Å²) in [7, 11) is 0. The Hall–Kier alpha value is -4.08. The van der Waals surface area contributed by atoms with Crippen LogP contribution in [0, 0.1) is 0 Å². The van der Waals surface area contributed by atoms with E-state index in [1.165, 1.54) is 12.1 Å². The van der Waals surface area contributed by atoms with Crippen molar-refractivity contribution in [1.29, 1.82) is 0 Å². The lowest BCUT2D eigenvalue weighted by atomic mass is 9.99. The molecule has 6 aromatic rings. The highest BCUT2D eigenvalue weighted by atomic mass is 79.9. The van der Waals surface area contributed by atoms with Crippen molar-refractivity contribution in [2.45, 2.75) is 18.5 Å². The number of aromatic nitrogens is 6. The van der Waals surface area contributed by atoms with E-state index in [2.05, 4.69) is 65.6 Å². The second-order valence-electron chi connectivity index (χ2n) is 9.97. The van der Waals surface area contributed by atoms with Gasteiger partial charge in [-0.2, -0.15) is 10.2 Å². The Labute approximate surface area is 226 Å². The molecule has 0 saturated carbocycles. The molecule has 2 saturated heterocycles. The van der Waals surface area contributed by atoms with E-state index in [4.69, 9.17) is 10.1 Å². The standard InChI is InChI=1S/C29H23BrN8/c30-24-13-19(37-16-18-12-20(37)14-33-18)4-5-22(24)26-8-11-32-29-27(21-2-1-3-25-23(21)15-34-35-25)28(36-38(26)29)17-6-9-31-10-7-17/h1-11,13,15,18,20,33H,12,14,16H2,(H,34,35)/t18-,20-/m0/s1. The maximum Gasteiger partial charge on any atom is 0.164 e. The van der Waals surface area contributed by atoms with E-state index in [0.717, 1.165) is 67.8 Å². The highest BCUT2D eigenvalue weighted by Crippen LogP contribution is 2.40. The molecule has 2 bridgehead atoms. The molecule has 4 aromatic heterocycles. The number of nitrogens with zero attached hydrogens (tertiary/aromatic N) is 6. The van der Waals surface area contributed by atoms with Gasteiger partial charge < -0.3 is 10.2 Å². The first-order valence-electron chi connectivity index (χ1n) is 12.7. The number of benzene rings is 2. The van der Waals surface area contributed by atoms with Crippen LogP contribution in [-0.4, -0.2) is 55.0 Å². The molecule has 0 radical (unpaired) electrons. The Balaban J connectivity index is 1.33. The number of piperazine rings is 1. The topological polar surface area (TPSA) is 87.0 Å². The molecule has 2 atom stereocenters. The largest absolute Gasteiger partial charge is 0.366 e. The van der Waals surface area contributed by atoms with Gasteiger partial charge in [-0.25, -0.2) is 9.50 Å². The molecule has 8 nitrogen and oxygen atoms in total. The third-order valence-corrected chi connectivity index (χ3v) is 8.50. The molecular formula is C29H23BrN8. The van der Waals surface area contributed by atoms with Crippen LogP contribution in [0.25, 0.3) is 50.2 Å². The summed E-state index contributed by atoms with van der Waals surface area (Å²) >= 11 is 3.89. The average molecular weight is 563 g/mol. The van der Waals surface area contributed by atoms with E-state index in [-0.39, 0.29) is 0 Å². The van der Waals surface area contributed by atoms with Gasteiger partial charge in [0.25, 0.3) is 0 Å². The summed E-state index contributed by atoms with van der Waals surface area (Å²) in [6, 6.07) is 20.0. The van der Waals surface area contributed by atoms with Crippen molar-refractivity contribution in [3.8, 4) is 33.6 Å². The second kappa shape index (κ2) is 8.47. The molecule has 2 aromatic carbocycles. The minimum atomic E-state index is 0.576. The van der Waals surface area contributed by atoms with E-state index < -0.39 is 0 Å². The summed E-state index contributed by atoms with van der Waals surface area (Å²) in [5, 5.41) is 17.2. The van der Waals surface area contributed by atoms with Crippen molar-refractivity contribution in [1.82, 2.24) is 35.1 Å². The molecular weight excluding hydrogens is 540 g/mol. The van der Waals surface area contributed by atoms with Crippen LogP contribution in [0.2, 0.25) is 0 Å². The summed E-state index contributed by atoms with van der Waals surface area (Å²) < 4.78 is 3.00. The molecule has 2 aliphatic rings. The maximum absolute atomic E-state index is 5.16. The fourth-order valence-corrected chi connectivity index (χ4v) is 6.63. The van der Waals surface area contributed by atoms with Crippen LogP contribution >= 0.6 is 15.9 Å². The lowest BCUT2D eigenvalue weighted by Gasteiger charge is -2.30. The van der Waals surface area contributed by atoms with Crippen LogP contribution in [0.4, 0.5) is 5.69 Å². The Morgan fingerprint density at radius 2 is 1.89 bits per heavy atom. The number of pyridine rings is 1. The molecule has 0 spiro atoms. The van der Waals surface area contributed by atoms with Crippen LogP contribution in [0.1, 0.15) is 6.42 Å². The fraction of sp³-hybridized carbons (Fsp3) is 0.172. The number of rotatable bonds is 4. The molecule has 8 rings (SSSR count).